The molecule has 0 saturated heterocycles. The molecule has 0 spiro atoms. The molecule has 130 valence electrons. The number of ether oxygens (including phenoxy) is 2. The van der Waals surface area contributed by atoms with E-state index in [1.807, 2.05) is 38.1 Å². The molecule has 0 aliphatic rings. The molecule has 1 aromatic heterocycles. The lowest BCUT2D eigenvalue weighted by atomic mass is 10.2. The SMILES string of the molecule is CC(C)OCCOCc1cccc(NC(=O)c2coc(CN)c2)c1. The lowest BCUT2D eigenvalue weighted by Crippen LogP contribution is -2.11. The molecule has 0 unspecified atom stereocenters. The van der Waals surface area contributed by atoms with Gasteiger partial charge >= 0.3 is 0 Å². The maximum absolute atomic E-state index is 12.2. The van der Waals surface area contributed by atoms with E-state index in [1.54, 1.807) is 6.07 Å². The summed E-state index contributed by atoms with van der Waals surface area (Å²) in [6, 6.07) is 9.16. The molecule has 1 heterocycles. The summed E-state index contributed by atoms with van der Waals surface area (Å²) in [6.07, 6.45) is 1.61. The second-order valence-corrected chi connectivity index (χ2v) is 5.63. The Balaban J connectivity index is 1.84. The number of amides is 1. The van der Waals surface area contributed by atoms with E-state index < -0.39 is 0 Å². The van der Waals surface area contributed by atoms with Gasteiger partial charge in [0.25, 0.3) is 5.91 Å². The Kier molecular flexibility index (Phi) is 6.99. The van der Waals surface area contributed by atoms with Gasteiger partial charge in [-0.1, -0.05) is 12.1 Å². The second-order valence-electron chi connectivity index (χ2n) is 5.63. The van der Waals surface area contributed by atoms with E-state index >= 15 is 0 Å². The van der Waals surface area contributed by atoms with Crippen LogP contribution in [0.25, 0.3) is 0 Å². The summed E-state index contributed by atoms with van der Waals surface area (Å²) in [5.41, 5.74) is 7.60. The highest BCUT2D eigenvalue weighted by molar-refractivity contribution is 6.04. The Morgan fingerprint density at radius 1 is 1.29 bits per heavy atom. The molecule has 24 heavy (non-hydrogen) atoms. The number of anilines is 1. The topological polar surface area (TPSA) is 86.7 Å². The molecule has 0 aliphatic carbocycles. The third kappa shape index (κ3) is 5.81. The maximum Gasteiger partial charge on any atom is 0.258 e. The summed E-state index contributed by atoms with van der Waals surface area (Å²) < 4.78 is 16.2. The van der Waals surface area contributed by atoms with Gasteiger partial charge in [0.1, 0.15) is 12.0 Å². The van der Waals surface area contributed by atoms with E-state index in [-0.39, 0.29) is 18.6 Å². The molecule has 0 aliphatic heterocycles. The van der Waals surface area contributed by atoms with Crippen LogP contribution in [0.3, 0.4) is 0 Å². The van der Waals surface area contributed by atoms with Crippen molar-refractivity contribution in [1.82, 2.24) is 0 Å². The number of hydrogen-bond donors (Lipinski definition) is 2. The zero-order chi connectivity index (χ0) is 17.4. The Labute approximate surface area is 141 Å². The van der Waals surface area contributed by atoms with Crippen molar-refractivity contribution in [2.75, 3.05) is 18.5 Å². The van der Waals surface area contributed by atoms with E-state index in [0.29, 0.717) is 36.8 Å². The monoisotopic (exact) mass is 332 g/mol. The van der Waals surface area contributed by atoms with Crippen molar-refractivity contribution in [3.8, 4) is 0 Å². The van der Waals surface area contributed by atoms with Gasteiger partial charge in [0.2, 0.25) is 0 Å². The Hall–Kier alpha value is -2.15. The van der Waals surface area contributed by atoms with Crippen molar-refractivity contribution >= 4 is 11.6 Å². The summed E-state index contributed by atoms with van der Waals surface area (Å²) in [5, 5.41) is 2.83. The third-order valence-electron chi connectivity index (χ3n) is 3.25. The number of nitrogens with two attached hydrogens (primary N) is 1. The van der Waals surface area contributed by atoms with Gasteiger partial charge in [0.05, 0.1) is 38.0 Å². The zero-order valence-corrected chi connectivity index (χ0v) is 14.1. The van der Waals surface area contributed by atoms with Crippen LogP contribution in [0.4, 0.5) is 5.69 Å². The van der Waals surface area contributed by atoms with Crippen LogP contribution in [0, 0.1) is 0 Å². The van der Waals surface area contributed by atoms with Gasteiger partial charge in [-0.3, -0.25) is 4.79 Å². The van der Waals surface area contributed by atoms with Crippen molar-refractivity contribution in [1.29, 1.82) is 0 Å². The van der Waals surface area contributed by atoms with E-state index in [1.165, 1.54) is 6.26 Å². The first-order valence-corrected chi connectivity index (χ1v) is 7.95. The van der Waals surface area contributed by atoms with Crippen LogP contribution in [0.2, 0.25) is 0 Å². The van der Waals surface area contributed by atoms with Crippen LogP contribution in [0.15, 0.2) is 41.0 Å². The predicted octanol–water partition coefficient (Wildman–Crippen LogP) is 2.93. The first kappa shape index (κ1) is 18.2. The minimum Gasteiger partial charge on any atom is -0.467 e. The molecule has 0 radical (unpaired) electrons. The van der Waals surface area contributed by atoms with Gasteiger partial charge in [0.15, 0.2) is 0 Å². The van der Waals surface area contributed by atoms with Crippen molar-refractivity contribution < 1.29 is 18.7 Å². The lowest BCUT2D eigenvalue weighted by molar-refractivity contribution is 0.0143. The fourth-order valence-corrected chi connectivity index (χ4v) is 2.08. The second kappa shape index (κ2) is 9.22. The Morgan fingerprint density at radius 3 is 2.83 bits per heavy atom. The molecule has 0 saturated carbocycles. The van der Waals surface area contributed by atoms with Crippen LogP contribution in [-0.4, -0.2) is 25.2 Å². The summed E-state index contributed by atoms with van der Waals surface area (Å²) in [7, 11) is 0. The zero-order valence-electron chi connectivity index (χ0n) is 14.1. The molecule has 0 atom stereocenters. The highest BCUT2D eigenvalue weighted by atomic mass is 16.5. The molecule has 0 fully saturated rings. The molecule has 0 bridgehead atoms. The molecular formula is C18H24N2O4. The van der Waals surface area contributed by atoms with Crippen LogP contribution in [-0.2, 0) is 22.6 Å². The summed E-state index contributed by atoms with van der Waals surface area (Å²) in [6.45, 7) is 5.81. The molecule has 1 amide bonds. The van der Waals surface area contributed by atoms with Gasteiger partial charge in [-0.05, 0) is 37.6 Å². The number of nitrogens with one attached hydrogen (secondary N) is 1. The number of furan rings is 1. The van der Waals surface area contributed by atoms with Crippen molar-refractivity contribution in [3.63, 3.8) is 0 Å². The minimum atomic E-state index is -0.234. The molecule has 2 rings (SSSR count). The lowest BCUT2D eigenvalue weighted by Gasteiger charge is -2.09. The molecule has 3 N–H and O–H groups in total. The summed E-state index contributed by atoms with van der Waals surface area (Å²) in [5.74, 6) is 0.341. The summed E-state index contributed by atoms with van der Waals surface area (Å²) >= 11 is 0. The average molecular weight is 332 g/mol. The maximum atomic E-state index is 12.2. The number of carbonyl (C=O) groups excluding carboxylic acids is 1. The Morgan fingerprint density at radius 2 is 2.12 bits per heavy atom. The average Bonchev–Trinajstić information content (AvgIpc) is 3.04. The van der Waals surface area contributed by atoms with Gasteiger partial charge in [-0.2, -0.15) is 0 Å². The van der Waals surface area contributed by atoms with E-state index in [0.717, 1.165) is 5.56 Å². The minimum absolute atomic E-state index is 0.204. The predicted molar refractivity (Wildman–Crippen MR) is 91.7 cm³/mol. The standard InChI is InChI=1S/C18H24N2O4/c1-13(2)23-7-6-22-11-14-4-3-5-16(8-14)20-18(21)15-9-17(10-19)24-12-15/h3-5,8-9,12-13H,6-7,10-11,19H2,1-2H3,(H,20,21). The number of hydrogen-bond acceptors (Lipinski definition) is 5. The number of benzene rings is 1. The highest BCUT2D eigenvalue weighted by Crippen LogP contribution is 2.14. The summed E-state index contributed by atoms with van der Waals surface area (Å²) in [4.78, 5) is 12.2. The van der Waals surface area contributed by atoms with Crippen LogP contribution in [0.5, 0.6) is 0 Å². The van der Waals surface area contributed by atoms with Crippen molar-refractivity contribution in [2.45, 2.75) is 33.1 Å². The molecular weight excluding hydrogens is 308 g/mol. The van der Waals surface area contributed by atoms with Crippen LogP contribution >= 0.6 is 0 Å². The van der Waals surface area contributed by atoms with Crippen molar-refractivity contribution in [2.24, 2.45) is 5.73 Å². The largest absolute Gasteiger partial charge is 0.467 e. The van der Waals surface area contributed by atoms with E-state index in [4.69, 9.17) is 19.6 Å². The molecule has 6 nitrogen and oxygen atoms in total. The highest BCUT2D eigenvalue weighted by Gasteiger charge is 2.10. The normalized spacial score (nSPS) is 11.0. The quantitative estimate of drug-likeness (QED) is 0.690. The van der Waals surface area contributed by atoms with E-state index in [2.05, 4.69) is 5.32 Å². The van der Waals surface area contributed by atoms with Gasteiger partial charge in [0, 0.05) is 5.69 Å². The van der Waals surface area contributed by atoms with Crippen LogP contribution < -0.4 is 11.1 Å². The van der Waals surface area contributed by atoms with Gasteiger partial charge in [-0.15, -0.1) is 0 Å². The Bertz CT molecular complexity index is 652. The molecule has 6 heteroatoms. The fourth-order valence-electron chi connectivity index (χ4n) is 2.08. The fraction of sp³-hybridized carbons (Fsp3) is 0.389. The van der Waals surface area contributed by atoms with E-state index in [9.17, 15) is 4.79 Å². The van der Waals surface area contributed by atoms with Crippen molar-refractivity contribution in [3.05, 3.63) is 53.5 Å². The third-order valence-corrected chi connectivity index (χ3v) is 3.25. The van der Waals surface area contributed by atoms with Gasteiger partial charge < -0.3 is 24.9 Å². The molecule has 1 aromatic carbocycles. The van der Waals surface area contributed by atoms with Crippen LogP contribution in [0.1, 0.15) is 35.5 Å². The first-order chi connectivity index (χ1) is 11.6. The smallest absolute Gasteiger partial charge is 0.258 e. The first-order valence-electron chi connectivity index (χ1n) is 7.95. The molecule has 2 aromatic rings. The number of rotatable bonds is 9. The van der Waals surface area contributed by atoms with Gasteiger partial charge in [-0.25, -0.2) is 0 Å². The number of carbonyl (C=O) groups is 1.